The second-order valence-electron chi connectivity index (χ2n) is 6.06. The predicted octanol–water partition coefficient (Wildman–Crippen LogP) is 2.92. The minimum absolute atomic E-state index is 0.178. The SMILES string of the molecule is CC(C)(C)[Si](C)(C)OC1(CO)CCC1. The molecule has 0 bridgehead atoms. The minimum atomic E-state index is -1.69. The van der Waals surface area contributed by atoms with E-state index >= 15 is 0 Å². The van der Waals surface area contributed by atoms with E-state index in [1.807, 2.05) is 0 Å². The Morgan fingerprint density at radius 2 is 1.79 bits per heavy atom. The predicted molar refractivity (Wildman–Crippen MR) is 61.9 cm³/mol. The maximum atomic E-state index is 9.36. The van der Waals surface area contributed by atoms with Crippen molar-refractivity contribution in [2.45, 2.75) is 63.8 Å². The maximum Gasteiger partial charge on any atom is 0.192 e. The summed E-state index contributed by atoms with van der Waals surface area (Å²) in [6.45, 7) is 11.4. The van der Waals surface area contributed by atoms with Crippen LogP contribution >= 0.6 is 0 Å². The lowest BCUT2D eigenvalue weighted by molar-refractivity contribution is -0.0619. The molecule has 0 saturated heterocycles. The van der Waals surface area contributed by atoms with Gasteiger partial charge < -0.3 is 9.53 Å². The van der Waals surface area contributed by atoms with Crippen LogP contribution in [0.2, 0.25) is 18.1 Å². The van der Waals surface area contributed by atoms with Crippen molar-refractivity contribution >= 4 is 8.32 Å². The summed E-state index contributed by atoms with van der Waals surface area (Å²) in [6, 6.07) is 0. The molecule has 0 unspecified atom stereocenters. The van der Waals surface area contributed by atoms with Gasteiger partial charge in [-0.3, -0.25) is 0 Å². The van der Waals surface area contributed by atoms with Gasteiger partial charge in [-0.25, -0.2) is 0 Å². The molecule has 0 aromatic carbocycles. The van der Waals surface area contributed by atoms with Crippen molar-refractivity contribution in [1.82, 2.24) is 0 Å². The Labute approximate surface area is 88.8 Å². The van der Waals surface area contributed by atoms with Crippen molar-refractivity contribution < 1.29 is 9.53 Å². The molecular weight excluding hydrogens is 192 g/mol. The fourth-order valence-electron chi connectivity index (χ4n) is 1.56. The second-order valence-corrected chi connectivity index (χ2v) is 10.8. The Hall–Kier alpha value is 0.137. The van der Waals surface area contributed by atoms with Crippen LogP contribution in [0, 0.1) is 0 Å². The molecule has 1 aliphatic carbocycles. The third-order valence-corrected chi connectivity index (χ3v) is 8.39. The average Bonchev–Trinajstić information content (AvgIpc) is 1.94. The van der Waals surface area contributed by atoms with E-state index in [2.05, 4.69) is 33.9 Å². The molecule has 1 N–H and O–H groups in total. The molecule has 1 aliphatic rings. The molecule has 1 rings (SSSR count). The largest absolute Gasteiger partial charge is 0.409 e. The van der Waals surface area contributed by atoms with E-state index in [0.717, 1.165) is 12.8 Å². The topological polar surface area (TPSA) is 29.5 Å². The quantitative estimate of drug-likeness (QED) is 0.735. The van der Waals surface area contributed by atoms with Crippen LogP contribution in [-0.4, -0.2) is 25.6 Å². The van der Waals surface area contributed by atoms with Crippen LogP contribution in [0.25, 0.3) is 0 Å². The molecule has 0 amide bonds. The zero-order valence-corrected chi connectivity index (χ0v) is 11.2. The lowest BCUT2D eigenvalue weighted by Crippen LogP contribution is -2.54. The van der Waals surface area contributed by atoms with Crippen LogP contribution in [-0.2, 0) is 4.43 Å². The van der Waals surface area contributed by atoms with Crippen molar-refractivity contribution in [3.63, 3.8) is 0 Å². The van der Waals surface area contributed by atoms with Crippen molar-refractivity contribution in [3.8, 4) is 0 Å². The lowest BCUT2D eigenvalue weighted by Gasteiger charge is -2.49. The van der Waals surface area contributed by atoms with E-state index in [4.69, 9.17) is 4.43 Å². The minimum Gasteiger partial charge on any atom is -0.409 e. The van der Waals surface area contributed by atoms with Gasteiger partial charge in [-0.1, -0.05) is 20.8 Å². The number of rotatable bonds is 3. The summed E-state index contributed by atoms with van der Waals surface area (Å²) in [5.74, 6) is 0. The van der Waals surface area contributed by atoms with E-state index < -0.39 is 8.32 Å². The zero-order valence-electron chi connectivity index (χ0n) is 10.2. The fourth-order valence-corrected chi connectivity index (χ4v) is 3.22. The highest BCUT2D eigenvalue weighted by Crippen LogP contribution is 2.44. The first-order valence-electron chi connectivity index (χ1n) is 5.54. The molecule has 3 heteroatoms. The molecule has 1 saturated carbocycles. The standard InChI is InChI=1S/C11H24O2Si/c1-10(2,3)14(4,5)13-11(9-12)7-6-8-11/h12H,6-9H2,1-5H3. The van der Waals surface area contributed by atoms with Crippen LogP contribution < -0.4 is 0 Å². The molecule has 1 fully saturated rings. The Kier molecular flexibility index (Phi) is 3.15. The third kappa shape index (κ3) is 2.20. The van der Waals surface area contributed by atoms with Gasteiger partial charge in [0.2, 0.25) is 0 Å². The lowest BCUT2D eigenvalue weighted by atomic mass is 9.81. The fraction of sp³-hybridized carbons (Fsp3) is 1.00. The Morgan fingerprint density at radius 3 is 2.00 bits per heavy atom. The van der Waals surface area contributed by atoms with Gasteiger partial charge in [-0.15, -0.1) is 0 Å². The van der Waals surface area contributed by atoms with Crippen LogP contribution in [0.3, 0.4) is 0 Å². The van der Waals surface area contributed by atoms with Crippen molar-refractivity contribution in [1.29, 1.82) is 0 Å². The van der Waals surface area contributed by atoms with Gasteiger partial charge in [0.15, 0.2) is 8.32 Å². The summed E-state index contributed by atoms with van der Waals surface area (Å²) >= 11 is 0. The van der Waals surface area contributed by atoms with E-state index in [9.17, 15) is 5.11 Å². The van der Waals surface area contributed by atoms with E-state index in [-0.39, 0.29) is 17.2 Å². The zero-order chi connectivity index (χ0) is 11.0. The molecule has 84 valence electrons. The Bertz CT molecular complexity index is 196. The summed E-state index contributed by atoms with van der Waals surface area (Å²) in [5, 5.41) is 9.60. The van der Waals surface area contributed by atoms with Gasteiger partial charge in [0.05, 0.1) is 12.2 Å². The summed E-state index contributed by atoms with van der Waals surface area (Å²) in [4.78, 5) is 0. The van der Waals surface area contributed by atoms with Gasteiger partial charge in [-0.2, -0.15) is 0 Å². The normalized spacial score (nSPS) is 21.9. The van der Waals surface area contributed by atoms with Crippen molar-refractivity contribution in [2.75, 3.05) is 6.61 Å². The van der Waals surface area contributed by atoms with Crippen LogP contribution in [0.15, 0.2) is 0 Å². The monoisotopic (exact) mass is 216 g/mol. The summed E-state index contributed by atoms with van der Waals surface area (Å²) in [5.41, 5.74) is -0.178. The average molecular weight is 216 g/mol. The molecule has 2 nitrogen and oxygen atoms in total. The molecule has 0 atom stereocenters. The Balaban J connectivity index is 2.66. The molecule has 14 heavy (non-hydrogen) atoms. The van der Waals surface area contributed by atoms with Crippen molar-refractivity contribution in [3.05, 3.63) is 0 Å². The summed E-state index contributed by atoms with van der Waals surface area (Å²) < 4.78 is 6.26. The van der Waals surface area contributed by atoms with Gasteiger partial charge in [0.1, 0.15) is 0 Å². The highest BCUT2D eigenvalue weighted by atomic mass is 28.4. The van der Waals surface area contributed by atoms with Crippen LogP contribution in [0.4, 0.5) is 0 Å². The Morgan fingerprint density at radius 1 is 1.29 bits per heavy atom. The van der Waals surface area contributed by atoms with Crippen LogP contribution in [0.5, 0.6) is 0 Å². The molecule has 0 aliphatic heterocycles. The summed E-state index contributed by atoms with van der Waals surface area (Å²) in [7, 11) is -1.69. The van der Waals surface area contributed by atoms with Gasteiger partial charge in [0.25, 0.3) is 0 Å². The third-order valence-electron chi connectivity index (χ3n) is 3.83. The molecular formula is C11H24O2Si. The van der Waals surface area contributed by atoms with Crippen molar-refractivity contribution in [2.24, 2.45) is 0 Å². The first kappa shape index (κ1) is 12.2. The summed E-state index contributed by atoms with van der Waals surface area (Å²) in [6.07, 6.45) is 3.28. The molecule has 0 aromatic rings. The van der Waals surface area contributed by atoms with E-state index in [0.29, 0.717) is 0 Å². The molecule has 0 aromatic heterocycles. The first-order chi connectivity index (χ1) is 6.22. The number of aliphatic hydroxyl groups excluding tert-OH is 1. The molecule has 0 heterocycles. The van der Waals surface area contributed by atoms with E-state index in [1.54, 1.807) is 0 Å². The molecule has 0 spiro atoms. The van der Waals surface area contributed by atoms with E-state index in [1.165, 1.54) is 6.42 Å². The maximum absolute atomic E-state index is 9.36. The van der Waals surface area contributed by atoms with Crippen LogP contribution in [0.1, 0.15) is 40.0 Å². The smallest absolute Gasteiger partial charge is 0.192 e. The highest BCUT2D eigenvalue weighted by molar-refractivity contribution is 6.74. The van der Waals surface area contributed by atoms with Gasteiger partial charge >= 0.3 is 0 Å². The molecule has 0 radical (unpaired) electrons. The second kappa shape index (κ2) is 3.61. The van der Waals surface area contributed by atoms with Gasteiger partial charge in [0, 0.05) is 0 Å². The number of hydrogen-bond acceptors (Lipinski definition) is 2. The number of hydrogen-bond donors (Lipinski definition) is 1. The van der Waals surface area contributed by atoms with Gasteiger partial charge in [-0.05, 0) is 37.4 Å². The first-order valence-corrected chi connectivity index (χ1v) is 8.44. The number of aliphatic hydroxyl groups is 1. The highest BCUT2D eigenvalue weighted by Gasteiger charge is 2.47.